The minimum absolute atomic E-state index is 0.0319. The number of thiophene rings is 1. The van der Waals surface area contributed by atoms with E-state index < -0.39 is 6.04 Å². The summed E-state index contributed by atoms with van der Waals surface area (Å²) < 4.78 is 0. The topological polar surface area (TPSA) is 62.8 Å². The molecule has 0 saturated carbocycles. The number of aryl methyl sites for hydroxylation is 1. The van der Waals surface area contributed by atoms with Crippen molar-refractivity contribution in [3.8, 4) is 0 Å². The summed E-state index contributed by atoms with van der Waals surface area (Å²) >= 11 is 1.69. The van der Waals surface area contributed by atoms with Gasteiger partial charge in [-0.1, -0.05) is 66.2 Å². The second-order valence-corrected chi connectivity index (χ2v) is 8.24. The molecular formula is C24H27N2O2S+. The lowest BCUT2D eigenvalue weighted by molar-refractivity contribution is -0.676. The van der Waals surface area contributed by atoms with Crippen LogP contribution in [-0.2, 0) is 16.0 Å². The Labute approximate surface area is 176 Å². The van der Waals surface area contributed by atoms with Crippen LogP contribution in [-0.4, -0.2) is 24.3 Å². The number of rotatable bonds is 9. The molecule has 4 nitrogen and oxygen atoms in total. The molecule has 29 heavy (non-hydrogen) atoms. The van der Waals surface area contributed by atoms with Gasteiger partial charge in [-0.2, -0.15) is 0 Å². The van der Waals surface area contributed by atoms with Gasteiger partial charge in [0.05, 0.1) is 10.9 Å². The van der Waals surface area contributed by atoms with Crippen molar-refractivity contribution in [2.75, 3.05) is 6.54 Å². The predicted octanol–water partition coefficient (Wildman–Crippen LogP) is 3.03. The number of nitrogens with one attached hydrogen (secondary N) is 1. The molecule has 150 valence electrons. The molecule has 0 aliphatic carbocycles. The van der Waals surface area contributed by atoms with Crippen LogP contribution in [0.15, 0.2) is 72.1 Å². The molecular weight excluding hydrogens is 380 g/mol. The third kappa shape index (κ3) is 6.11. The van der Waals surface area contributed by atoms with Gasteiger partial charge in [-0.25, -0.2) is 0 Å². The molecule has 1 aromatic heterocycles. The van der Waals surface area contributed by atoms with Crippen molar-refractivity contribution in [2.24, 2.45) is 0 Å². The number of hydrogen-bond acceptors (Lipinski definition) is 3. The van der Waals surface area contributed by atoms with Crippen LogP contribution in [0.25, 0.3) is 0 Å². The van der Waals surface area contributed by atoms with Gasteiger partial charge in [0, 0.05) is 5.56 Å². The minimum atomic E-state index is -0.502. The van der Waals surface area contributed by atoms with Crippen LogP contribution >= 0.6 is 11.3 Å². The van der Waals surface area contributed by atoms with E-state index in [1.807, 2.05) is 41.7 Å². The summed E-state index contributed by atoms with van der Waals surface area (Å²) in [6.45, 7) is 3.85. The Hall–Kier alpha value is -2.76. The SMILES string of the molecule is CC(=O)[C@@H](Cc1ccccc1)NC(=O)C[NH2+][C@H](c1ccc(C)cc1)c1cccs1. The zero-order valence-corrected chi connectivity index (χ0v) is 17.6. The van der Waals surface area contributed by atoms with E-state index in [4.69, 9.17) is 0 Å². The molecule has 2 aromatic carbocycles. The van der Waals surface area contributed by atoms with E-state index in [2.05, 4.69) is 48.0 Å². The molecule has 0 spiro atoms. The summed E-state index contributed by atoms with van der Waals surface area (Å²) in [5.74, 6) is -0.162. The van der Waals surface area contributed by atoms with E-state index in [9.17, 15) is 9.59 Å². The number of amides is 1. The number of carbonyl (C=O) groups is 2. The number of Topliss-reactive ketones (excluding diaryl/α,β-unsaturated/α-hetero) is 1. The van der Waals surface area contributed by atoms with Crippen LogP contribution in [0, 0.1) is 6.92 Å². The Balaban J connectivity index is 1.64. The number of nitrogens with two attached hydrogens (primary N) is 1. The maximum absolute atomic E-state index is 12.6. The van der Waals surface area contributed by atoms with Gasteiger partial charge in [0.2, 0.25) is 0 Å². The highest BCUT2D eigenvalue weighted by Crippen LogP contribution is 2.22. The molecule has 0 aliphatic heterocycles. The molecule has 3 aromatic rings. The third-order valence-corrected chi connectivity index (χ3v) is 5.89. The van der Waals surface area contributed by atoms with Crippen molar-refractivity contribution < 1.29 is 14.9 Å². The maximum atomic E-state index is 12.6. The van der Waals surface area contributed by atoms with Crippen LogP contribution < -0.4 is 10.6 Å². The molecule has 1 amide bonds. The van der Waals surface area contributed by atoms with Crippen LogP contribution in [0.5, 0.6) is 0 Å². The molecule has 0 saturated heterocycles. The largest absolute Gasteiger partial charge is 0.341 e. The van der Waals surface area contributed by atoms with Gasteiger partial charge >= 0.3 is 0 Å². The molecule has 3 N–H and O–H groups in total. The number of carbonyl (C=O) groups excluding carboxylic acids is 2. The highest BCUT2D eigenvalue weighted by molar-refractivity contribution is 7.10. The van der Waals surface area contributed by atoms with Crippen LogP contribution in [0.2, 0.25) is 0 Å². The first-order valence-corrected chi connectivity index (χ1v) is 10.7. The first kappa shape index (κ1) is 21.0. The first-order chi connectivity index (χ1) is 14.0. The Kier molecular flexibility index (Phi) is 7.33. The fraction of sp³-hybridized carbons (Fsp3) is 0.250. The highest BCUT2D eigenvalue weighted by atomic mass is 32.1. The van der Waals surface area contributed by atoms with Crippen LogP contribution in [0.4, 0.5) is 0 Å². The fourth-order valence-electron chi connectivity index (χ4n) is 3.28. The molecule has 0 radical (unpaired) electrons. The number of benzene rings is 2. The minimum Gasteiger partial charge on any atom is -0.341 e. The van der Waals surface area contributed by atoms with Gasteiger partial charge in [-0.05, 0) is 37.3 Å². The van der Waals surface area contributed by atoms with Gasteiger partial charge in [0.15, 0.2) is 12.3 Å². The summed E-state index contributed by atoms with van der Waals surface area (Å²) in [7, 11) is 0. The second kappa shape index (κ2) is 10.1. The zero-order valence-electron chi connectivity index (χ0n) is 16.8. The molecule has 2 atom stereocenters. The van der Waals surface area contributed by atoms with Gasteiger partial charge in [-0.3, -0.25) is 9.59 Å². The van der Waals surface area contributed by atoms with Crippen molar-refractivity contribution in [2.45, 2.75) is 32.4 Å². The van der Waals surface area contributed by atoms with Crippen molar-refractivity contribution in [1.29, 1.82) is 0 Å². The standard InChI is InChI=1S/C24H26N2O2S/c1-17-10-12-20(13-11-17)24(22-9-6-14-29-22)25-16-23(28)26-21(18(2)27)15-19-7-4-3-5-8-19/h3-14,21,24-25H,15-16H2,1-2H3,(H,26,28)/p+1/t21-,24-/m1/s1. The van der Waals surface area contributed by atoms with Crippen molar-refractivity contribution >= 4 is 23.0 Å². The fourth-order valence-corrected chi connectivity index (χ4v) is 4.13. The number of quaternary nitrogens is 1. The maximum Gasteiger partial charge on any atom is 0.275 e. The van der Waals surface area contributed by atoms with Gasteiger partial charge in [-0.15, -0.1) is 11.3 Å². The van der Waals surface area contributed by atoms with Gasteiger partial charge in [0.1, 0.15) is 6.04 Å². The second-order valence-electron chi connectivity index (χ2n) is 7.26. The molecule has 0 fully saturated rings. The predicted molar refractivity (Wildman–Crippen MR) is 117 cm³/mol. The first-order valence-electron chi connectivity index (χ1n) is 9.80. The Morgan fingerprint density at radius 2 is 1.72 bits per heavy atom. The van der Waals surface area contributed by atoms with E-state index in [1.54, 1.807) is 11.3 Å². The zero-order chi connectivity index (χ0) is 20.6. The van der Waals surface area contributed by atoms with Gasteiger partial charge < -0.3 is 10.6 Å². The lowest BCUT2D eigenvalue weighted by Gasteiger charge is -2.18. The van der Waals surface area contributed by atoms with Crippen LogP contribution in [0.3, 0.4) is 0 Å². The lowest BCUT2D eigenvalue weighted by atomic mass is 10.0. The highest BCUT2D eigenvalue weighted by Gasteiger charge is 2.22. The molecule has 1 heterocycles. The van der Waals surface area contributed by atoms with E-state index in [1.165, 1.54) is 22.9 Å². The number of hydrogen-bond donors (Lipinski definition) is 2. The molecule has 0 aliphatic rings. The summed E-state index contributed by atoms with van der Waals surface area (Å²) in [6, 6.07) is 21.9. The van der Waals surface area contributed by atoms with Crippen molar-refractivity contribution in [3.05, 3.63) is 93.7 Å². The monoisotopic (exact) mass is 407 g/mol. The van der Waals surface area contributed by atoms with E-state index in [0.29, 0.717) is 6.42 Å². The molecule has 0 unspecified atom stereocenters. The Morgan fingerprint density at radius 3 is 2.34 bits per heavy atom. The van der Waals surface area contributed by atoms with Crippen molar-refractivity contribution in [3.63, 3.8) is 0 Å². The van der Waals surface area contributed by atoms with E-state index in [-0.39, 0.29) is 24.3 Å². The summed E-state index contributed by atoms with van der Waals surface area (Å²) in [6.07, 6.45) is 0.508. The number of ketones is 1. The van der Waals surface area contributed by atoms with Crippen molar-refractivity contribution in [1.82, 2.24) is 5.32 Å². The lowest BCUT2D eigenvalue weighted by Crippen LogP contribution is -2.87. The smallest absolute Gasteiger partial charge is 0.275 e. The quantitative estimate of drug-likeness (QED) is 0.573. The average molecular weight is 408 g/mol. The Morgan fingerprint density at radius 1 is 1.00 bits per heavy atom. The molecule has 0 bridgehead atoms. The summed E-state index contributed by atoms with van der Waals surface area (Å²) in [4.78, 5) is 25.9. The Bertz CT molecular complexity index is 921. The summed E-state index contributed by atoms with van der Waals surface area (Å²) in [5, 5.41) is 6.99. The van der Waals surface area contributed by atoms with Gasteiger partial charge in [0.25, 0.3) is 5.91 Å². The van der Waals surface area contributed by atoms with Crippen LogP contribution in [0.1, 0.15) is 34.5 Å². The molecule has 5 heteroatoms. The van der Waals surface area contributed by atoms with E-state index >= 15 is 0 Å². The third-order valence-electron chi connectivity index (χ3n) is 4.93. The van der Waals surface area contributed by atoms with E-state index in [0.717, 1.165) is 5.56 Å². The molecule has 3 rings (SSSR count). The summed E-state index contributed by atoms with van der Waals surface area (Å²) in [5.41, 5.74) is 3.41. The normalized spacial score (nSPS) is 12.9. The average Bonchev–Trinajstić information content (AvgIpc) is 3.24.